The van der Waals surface area contributed by atoms with Crippen molar-refractivity contribution in [1.29, 1.82) is 0 Å². The monoisotopic (exact) mass is 260 g/mol. The van der Waals surface area contributed by atoms with Gasteiger partial charge in [-0.3, -0.25) is 0 Å². The average molecular weight is 260 g/mol. The van der Waals surface area contributed by atoms with Crippen LogP contribution in [0.3, 0.4) is 0 Å². The summed E-state index contributed by atoms with van der Waals surface area (Å²) in [4.78, 5) is 0. The van der Waals surface area contributed by atoms with E-state index in [2.05, 4.69) is 54.6 Å². The van der Waals surface area contributed by atoms with Crippen molar-refractivity contribution in [3.63, 3.8) is 0 Å². The smallest absolute Gasteiger partial charge is 0.0249 e. The van der Waals surface area contributed by atoms with Crippen molar-refractivity contribution >= 4 is 22.6 Å². The minimum absolute atomic E-state index is 1.12. The van der Waals surface area contributed by atoms with Gasteiger partial charge in [-0.05, 0) is 30.0 Å². The maximum atomic E-state index is 2.40. The lowest BCUT2D eigenvalue weighted by molar-refractivity contribution is 1.12. The Morgan fingerprint density at radius 2 is 2.09 bits per heavy atom. The predicted molar refractivity (Wildman–Crippen MR) is 58.3 cm³/mol. The molecular formula is C10H13I. The molecule has 0 nitrogen and oxygen atoms in total. The van der Waals surface area contributed by atoms with Gasteiger partial charge in [0.15, 0.2) is 0 Å². The van der Waals surface area contributed by atoms with Crippen molar-refractivity contribution in [3.05, 3.63) is 34.9 Å². The van der Waals surface area contributed by atoms with Gasteiger partial charge in [-0.1, -0.05) is 47.7 Å². The minimum atomic E-state index is 1.12. The second-order valence-corrected chi connectivity index (χ2v) is 3.51. The van der Waals surface area contributed by atoms with E-state index in [1.807, 2.05) is 0 Å². The van der Waals surface area contributed by atoms with Gasteiger partial charge in [-0.2, -0.15) is 0 Å². The van der Waals surface area contributed by atoms with E-state index in [0.717, 1.165) is 10.8 Å². The van der Waals surface area contributed by atoms with Crippen LogP contribution in [0, 0.1) is 6.92 Å². The van der Waals surface area contributed by atoms with Gasteiger partial charge in [0.1, 0.15) is 0 Å². The molecule has 0 aliphatic rings. The van der Waals surface area contributed by atoms with Gasteiger partial charge in [-0.15, -0.1) is 0 Å². The van der Waals surface area contributed by atoms with Crippen LogP contribution in [0.25, 0.3) is 0 Å². The first-order chi connectivity index (χ1) is 5.27. The summed E-state index contributed by atoms with van der Waals surface area (Å²) in [6, 6.07) is 6.75. The number of alkyl halides is 1. The second kappa shape index (κ2) is 4.10. The predicted octanol–water partition coefficient (Wildman–Crippen LogP) is 3.49. The van der Waals surface area contributed by atoms with Crippen molar-refractivity contribution < 1.29 is 0 Å². The molecule has 11 heavy (non-hydrogen) atoms. The molecule has 1 heteroatoms. The van der Waals surface area contributed by atoms with E-state index in [1.54, 1.807) is 0 Å². The van der Waals surface area contributed by atoms with E-state index in [-0.39, 0.29) is 0 Å². The summed E-state index contributed by atoms with van der Waals surface area (Å²) in [7, 11) is 0. The Hall–Kier alpha value is -0.0500. The first-order valence-corrected chi connectivity index (χ1v) is 5.45. The molecule has 0 bridgehead atoms. The largest absolute Gasteiger partial charge is 0.0812 e. The van der Waals surface area contributed by atoms with Crippen LogP contribution < -0.4 is 0 Å². The third-order valence-electron chi connectivity index (χ3n) is 1.96. The van der Waals surface area contributed by atoms with Gasteiger partial charge in [0.25, 0.3) is 0 Å². The van der Waals surface area contributed by atoms with E-state index in [9.17, 15) is 0 Å². The summed E-state index contributed by atoms with van der Waals surface area (Å²) >= 11 is 2.40. The van der Waals surface area contributed by atoms with Crippen LogP contribution in [0.1, 0.15) is 23.6 Å². The Morgan fingerprint density at radius 3 is 2.55 bits per heavy atom. The van der Waals surface area contributed by atoms with E-state index < -0.39 is 0 Å². The molecule has 60 valence electrons. The Bertz CT molecular complexity index is 241. The van der Waals surface area contributed by atoms with E-state index in [4.69, 9.17) is 0 Å². The number of hydrogen-bond acceptors (Lipinski definition) is 0. The second-order valence-electron chi connectivity index (χ2n) is 2.75. The van der Waals surface area contributed by atoms with Gasteiger partial charge < -0.3 is 0 Å². The molecule has 0 aliphatic heterocycles. The van der Waals surface area contributed by atoms with E-state index in [1.165, 1.54) is 16.7 Å². The summed E-state index contributed by atoms with van der Waals surface area (Å²) in [5, 5.41) is 0. The van der Waals surface area contributed by atoms with Crippen LogP contribution in [0.5, 0.6) is 0 Å². The van der Waals surface area contributed by atoms with Crippen molar-refractivity contribution in [1.82, 2.24) is 0 Å². The van der Waals surface area contributed by atoms with Gasteiger partial charge >= 0.3 is 0 Å². The normalized spacial score (nSPS) is 10.1. The highest BCUT2D eigenvalue weighted by molar-refractivity contribution is 14.1. The Labute approximate surface area is 82.2 Å². The molecule has 1 aromatic rings. The van der Waals surface area contributed by atoms with Crippen molar-refractivity contribution in [3.8, 4) is 0 Å². The summed E-state index contributed by atoms with van der Waals surface area (Å²) in [6.07, 6.45) is 1.14. The van der Waals surface area contributed by atoms with Gasteiger partial charge in [0.05, 0.1) is 0 Å². The lowest BCUT2D eigenvalue weighted by Crippen LogP contribution is -1.87. The molecule has 0 heterocycles. The number of benzene rings is 1. The van der Waals surface area contributed by atoms with E-state index >= 15 is 0 Å². The highest BCUT2D eigenvalue weighted by atomic mass is 127. The van der Waals surface area contributed by atoms with Crippen LogP contribution >= 0.6 is 22.6 Å². The first kappa shape index (κ1) is 9.04. The molecule has 0 aromatic heterocycles. The van der Waals surface area contributed by atoms with Crippen LogP contribution in [-0.2, 0) is 10.8 Å². The molecule has 0 radical (unpaired) electrons. The van der Waals surface area contributed by atoms with Gasteiger partial charge in [0.2, 0.25) is 0 Å². The molecule has 0 amide bonds. The molecule has 0 spiro atoms. The van der Waals surface area contributed by atoms with Crippen LogP contribution in [-0.4, -0.2) is 0 Å². The Balaban J connectivity index is 2.99. The van der Waals surface area contributed by atoms with E-state index in [0.29, 0.717) is 0 Å². The highest BCUT2D eigenvalue weighted by Crippen LogP contribution is 2.14. The topological polar surface area (TPSA) is 0 Å². The zero-order chi connectivity index (χ0) is 8.27. The Morgan fingerprint density at radius 1 is 1.36 bits per heavy atom. The maximum Gasteiger partial charge on any atom is 0.0249 e. The van der Waals surface area contributed by atoms with Crippen molar-refractivity contribution in [2.75, 3.05) is 0 Å². The molecule has 0 saturated carbocycles. The number of rotatable bonds is 2. The lowest BCUT2D eigenvalue weighted by atomic mass is 10.1. The van der Waals surface area contributed by atoms with Crippen molar-refractivity contribution in [2.24, 2.45) is 0 Å². The average Bonchev–Trinajstić information content (AvgIpc) is 2.04. The molecule has 0 aliphatic carbocycles. The van der Waals surface area contributed by atoms with Crippen LogP contribution in [0.2, 0.25) is 0 Å². The zero-order valence-electron chi connectivity index (χ0n) is 7.02. The lowest BCUT2D eigenvalue weighted by Gasteiger charge is -2.03. The molecule has 0 saturated heterocycles. The maximum absolute atomic E-state index is 2.40. The standard InChI is InChI=1S/C10H13I/c1-3-9-4-5-10(7-11)8(2)6-9/h4-6H,3,7H2,1-2H3. The molecule has 0 fully saturated rings. The first-order valence-electron chi connectivity index (χ1n) is 3.92. The summed E-state index contributed by atoms with van der Waals surface area (Å²) in [6.45, 7) is 4.38. The molecule has 0 N–H and O–H groups in total. The van der Waals surface area contributed by atoms with Crippen LogP contribution in [0.15, 0.2) is 18.2 Å². The van der Waals surface area contributed by atoms with Crippen LogP contribution in [0.4, 0.5) is 0 Å². The fourth-order valence-corrected chi connectivity index (χ4v) is 1.98. The third-order valence-corrected chi connectivity index (χ3v) is 2.78. The molecule has 0 atom stereocenters. The van der Waals surface area contributed by atoms with Crippen molar-refractivity contribution in [2.45, 2.75) is 24.7 Å². The summed E-state index contributed by atoms with van der Waals surface area (Å²) in [5.41, 5.74) is 4.33. The number of halogens is 1. The molecular weight excluding hydrogens is 247 g/mol. The molecule has 1 rings (SSSR count). The fourth-order valence-electron chi connectivity index (χ4n) is 1.13. The Kier molecular flexibility index (Phi) is 3.37. The molecule has 1 aromatic carbocycles. The number of hydrogen-bond donors (Lipinski definition) is 0. The fraction of sp³-hybridized carbons (Fsp3) is 0.400. The number of aryl methyl sites for hydroxylation is 2. The summed E-state index contributed by atoms with van der Waals surface area (Å²) < 4.78 is 1.12. The zero-order valence-corrected chi connectivity index (χ0v) is 9.18. The van der Waals surface area contributed by atoms with Gasteiger partial charge in [-0.25, -0.2) is 0 Å². The van der Waals surface area contributed by atoms with Gasteiger partial charge in [0, 0.05) is 4.43 Å². The third kappa shape index (κ3) is 2.19. The quantitative estimate of drug-likeness (QED) is 0.564. The molecule has 0 unspecified atom stereocenters. The summed E-state index contributed by atoms with van der Waals surface area (Å²) in [5.74, 6) is 0. The SMILES string of the molecule is CCc1ccc(CI)c(C)c1. The minimum Gasteiger partial charge on any atom is -0.0812 e. The highest BCUT2D eigenvalue weighted by Gasteiger charge is 1.96.